The number of hydrogen-bond donors (Lipinski definition) is 0. The highest BCUT2D eigenvalue weighted by atomic mass is 32.1. The highest BCUT2D eigenvalue weighted by Gasteiger charge is 2.26. The molecule has 1 saturated heterocycles. The van der Waals surface area contributed by atoms with Gasteiger partial charge in [0, 0.05) is 26.2 Å². The summed E-state index contributed by atoms with van der Waals surface area (Å²) in [4.78, 5) is 16.3. The lowest BCUT2D eigenvalue weighted by Gasteiger charge is -2.36. The van der Waals surface area contributed by atoms with E-state index in [4.69, 9.17) is 4.74 Å². The second-order valence-corrected chi connectivity index (χ2v) is 7.49. The lowest BCUT2D eigenvalue weighted by molar-refractivity contribution is 0.0241. The summed E-state index contributed by atoms with van der Waals surface area (Å²) >= 11 is 1.78. The van der Waals surface area contributed by atoms with Crippen LogP contribution in [-0.4, -0.2) is 42.8 Å². The van der Waals surface area contributed by atoms with Gasteiger partial charge in [0.2, 0.25) is 0 Å². The van der Waals surface area contributed by atoms with Crippen LogP contribution in [-0.2, 0) is 4.74 Å². The van der Waals surface area contributed by atoms with Gasteiger partial charge in [-0.1, -0.05) is 12.1 Å². The molecule has 0 aliphatic carbocycles. The molecule has 0 radical (unpaired) electrons. The number of thiophene rings is 1. The third-order valence-electron chi connectivity index (χ3n) is 3.73. The van der Waals surface area contributed by atoms with Crippen LogP contribution in [0.2, 0.25) is 0 Å². The van der Waals surface area contributed by atoms with E-state index in [0.29, 0.717) is 13.1 Å². The van der Waals surface area contributed by atoms with Crippen LogP contribution in [0.1, 0.15) is 20.8 Å². The number of carbonyl (C=O) groups excluding carboxylic acids is 1. The van der Waals surface area contributed by atoms with E-state index >= 15 is 0 Å². The van der Waals surface area contributed by atoms with Crippen molar-refractivity contribution in [2.75, 3.05) is 31.1 Å². The SMILES string of the molecule is CC(C)(C)OC(=O)N1CCN(c2cccc3ccsc23)CC1. The normalized spacial score (nSPS) is 16.1. The van der Waals surface area contributed by atoms with Crippen molar-refractivity contribution in [3.63, 3.8) is 0 Å². The van der Waals surface area contributed by atoms with Crippen molar-refractivity contribution < 1.29 is 9.53 Å². The average molecular weight is 318 g/mol. The van der Waals surface area contributed by atoms with Gasteiger partial charge < -0.3 is 14.5 Å². The second-order valence-electron chi connectivity index (χ2n) is 6.57. The van der Waals surface area contributed by atoms with Gasteiger partial charge in [0.05, 0.1) is 10.4 Å². The molecule has 118 valence electrons. The first kappa shape index (κ1) is 15.2. The summed E-state index contributed by atoms with van der Waals surface area (Å²) in [6, 6.07) is 8.57. The van der Waals surface area contributed by atoms with Crippen molar-refractivity contribution in [2.24, 2.45) is 0 Å². The predicted molar refractivity (Wildman–Crippen MR) is 91.8 cm³/mol. The number of benzene rings is 1. The maximum atomic E-state index is 12.1. The molecular weight excluding hydrogens is 296 g/mol. The topological polar surface area (TPSA) is 32.8 Å². The van der Waals surface area contributed by atoms with Crippen LogP contribution in [0, 0.1) is 0 Å². The van der Waals surface area contributed by atoms with Gasteiger partial charge in [-0.2, -0.15) is 0 Å². The fourth-order valence-electron chi connectivity index (χ4n) is 2.68. The summed E-state index contributed by atoms with van der Waals surface area (Å²) in [5, 5.41) is 3.42. The zero-order valence-electron chi connectivity index (χ0n) is 13.3. The smallest absolute Gasteiger partial charge is 0.410 e. The van der Waals surface area contributed by atoms with Gasteiger partial charge in [-0.25, -0.2) is 4.79 Å². The number of ether oxygens (including phenoxy) is 1. The summed E-state index contributed by atoms with van der Waals surface area (Å²) in [7, 11) is 0. The van der Waals surface area contributed by atoms with E-state index in [1.807, 2.05) is 20.8 Å². The molecule has 1 aliphatic heterocycles. The van der Waals surface area contributed by atoms with E-state index < -0.39 is 5.60 Å². The zero-order chi connectivity index (χ0) is 15.7. The molecule has 5 heteroatoms. The molecule has 1 aromatic heterocycles. The van der Waals surface area contributed by atoms with Gasteiger partial charge in [-0.3, -0.25) is 0 Å². The third-order valence-corrected chi connectivity index (χ3v) is 4.68. The van der Waals surface area contributed by atoms with Crippen molar-refractivity contribution in [3.05, 3.63) is 29.6 Å². The molecule has 1 aliphatic rings. The molecule has 1 amide bonds. The van der Waals surface area contributed by atoms with Gasteiger partial charge in [0.1, 0.15) is 5.60 Å². The highest BCUT2D eigenvalue weighted by molar-refractivity contribution is 7.17. The number of nitrogens with zero attached hydrogens (tertiary/aromatic N) is 2. The van der Waals surface area contributed by atoms with Gasteiger partial charge in [0.25, 0.3) is 0 Å². The van der Waals surface area contributed by atoms with Crippen LogP contribution < -0.4 is 4.90 Å². The second kappa shape index (κ2) is 5.80. The molecule has 2 aromatic rings. The Morgan fingerprint density at radius 2 is 1.86 bits per heavy atom. The Hall–Kier alpha value is -1.75. The van der Waals surface area contributed by atoms with Gasteiger partial charge in [0.15, 0.2) is 0 Å². The predicted octanol–water partition coefficient (Wildman–Crippen LogP) is 3.96. The average Bonchev–Trinajstić information content (AvgIpc) is 2.94. The molecule has 2 heterocycles. The molecule has 0 spiro atoms. The van der Waals surface area contributed by atoms with Crippen LogP contribution in [0.25, 0.3) is 10.1 Å². The Bertz CT molecular complexity index is 667. The maximum absolute atomic E-state index is 12.1. The van der Waals surface area contributed by atoms with E-state index in [2.05, 4.69) is 34.5 Å². The van der Waals surface area contributed by atoms with E-state index in [9.17, 15) is 4.79 Å². The molecule has 4 nitrogen and oxygen atoms in total. The van der Waals surface area contributed by atoms with Crippen LogP contribution >= 0.6 is 11.3 Å². The lowest BCUT2D eigenvalue weighted by Crippen LogP contribution is -2.50. The maximum Gasteiger partial charge on any atom is 0.410 e. The number of amides is 1. The third kappa shape index (κ3) is 3.19. The molecule has 1 fully saturated rings. The zero-order valence-corrected chi connectivity index (χ0v) is 14.2. The molecule has 1 aromatic carbocycles. The summed E-state index contributed by atoms with van der Waals surface area (Å²) < 4.78 is 6.77. The first-order valence-corrected chi connectivity index (χ1v) is 8.51. The number of piperazine rings is 1. The van der Waals surface area contributed by atoms with Gasteiger partial charge in [-0.15, -0.1) is 11.3 Å². The minimum atomic E-state index is -0.434. The largest absolute Gasteiger partial charge is 0.444 e. The van der Waals surface area contributed by atoms with E-state index in [-0.39, 0.29) is 6.09 Å². The van der Waals surface area contributed by atoms with Crippen LogP contribution in [0.4, 0.5) is 10.5 Å². The van der Waals surface area contributed by atoms with Crippen LogP contribution in [0.15, 0.2) is 29.6 Å². The molecule has 0 N–H and O–H groups in total. The van der Waals surface area contributed by atoms with Crippen molar-refractivity contribution in [2.45, 2.75) is 26.4 Å². The van der Waals surface area contributed by atoms with Crippen molar-refractivity contribution >= 4 is 33.2 Å². The van der Waals surface area contributed by atoms with E-state index in [0.717, 1.165) is 13.1 Å². The van der Waals surface area contributed by atoms with Crippen LogP contribution in [0.5, 0.6) is 0 Å². The Morgan fingerprint density at radius 1 is 1.14 bits per heavy atom. The Morgan fingerprint density at radius 3 is 2.55 bits per heavy atom. The van der Waals surface area contributed by atoms with Crippen LogP contribution in [0.3, 0.4) is 0 Å². The molecule has 0 unspecified atom stereocenters. The lowest BCUT2D eigenvalue weighted by atomic mass is 10.2. The number of rotatable bonds is 1. The summed E-state index contributed by atoms with van der Waals surface area (Å²) in [5.41, 5.74) is 0.841. The van der Waals surface area contributed by atoms with Crippen molar-refractivity contribution in [3.8, 4) is 0 Å². The van der Waals surface area contributed by atoms with E-state index in [1.165, 1.54) is 15.8 Å². The molecule has 22 heavy (non-hydrogen) atoms. The number of fused-ring (bicyclic) bond motifs is 1. The fourth-order valence-corrected chi connectivity index (χ4v) is 3.62. The highest BCUT2D eigenvalue weighted by Crippen LogP contribution is 2.32. The Balaban J connectivity index is 1.67. The molecule has 0 bridgehead atoms. The molecule has 0 saturated carbocycles. The number of carbonyl (C=O) groups is 1. The van der Waals surface area contributed by atoms with Gasteiger partial charge >= 0.3 is 6.09 Å². The Labute approximate surface area is 135 Å². The number of anilines is 1. The molecule has 0 atom stereocenters. The quantitative estimate of drug-likeness (QED) is 0.798. The standard InChI is InChI=1S/C17H22N2O2S/c1-17(2,3)21-16(20)19-10-8-18(9-11-19)14-6-4-5-13-7-12-22-15(13)14/h4-7,12H,8-11H2,1-3H3. The summed E-state index contributed by atoms with van der Waals surface area (Å²) in [5.74, 6) is 0. The summed E-state index contributed by atoms with van der Waals surface area (Å²) in [6.07, 6.45) is -0.207. The molecular formula is C17H22N2O2S. The minimum absolute atomic E-state index is 0.207. The monoisotopic (exact) mass is 318 g/mol. The minimum Gasteiger partial charge on any atom is -0.444 e. The first-order valence-electron chi connectivity index (χ1n) is 7.63. The van der Waals surface area contributed by atoms with E-state index in [1.54, 1.807) is 16.2 Å². The fraction of sp³-hybridized carbons (Fsp3) is 0.471. The molecule has 3 rings (SSSR count). The first-order chi connectivity index (χ1) is 10.4. The van der Waals surface area contributed by atoms with Crippen molar-refractivity contribution in [1.29, 1.82) is 0 Å². The Kier molecular flexibility index (Phi) is 4.00. The van der Waals surface area contributed by atoms with Crippen molar-refractivity contribution in [1.82, 2.24) is 4.90 Å². The van der Waals surface area contributed by atoms with Gasteiger partial charge in [-0.05, 0) is 43.7 Å². The number of hydrogen-bond acceptors (Lipinski definition) is 4. The summed E-state index contributed by atoms with van der Waals surface area (Å²) in [6.45, 7) is 8.80.